The Balaban J connectivity index is 2.96. The standard InChI is InChI=1S/C10H11BrFNO3/c1-10(16,5-13-9(14)15)7-4-6(11)2-3-8(7)12/h2-4,13,16H,5H2,1H3,(H,14,15). The Labute approximate surface area is 100 Å². The highest BCUT2D eigenvalue weighted by Crippen LogP contribution is 2.26. The third-order valence-electron chi connectivity index (χ3n) is 2.09. The van der Waals surface area contributed by atoms with Crippen LogP contribution in [0.1, 0.15) is 12.5 Å². The molecule has 1 unspecified atom stereocenters. The van der Waals surface area contributed by atoms with E-state index in [0.717, 1.165) is 0 Å². The Morgan fingerprint density at radius 1 is 1.62 bits per heavy atom. The summed E-state index contributed by atoms with van der Waals surface area (Å²) in [5.41, 5.74) is -1.55. The number of hydrogen-bond acceptors (Lipinski definition) is 2. The summed E-state index contributed by atoms with van der Waals surface area (Å²) >= 11 is 3.15. The highest BCUT2D eigenvalue weighted by molar-refractivity contribution is 9.10. The molecule has 0 spiro atoms. The number of benzene rings is 1. The van der Waals surface area contributed by atoms with Crippen molar-refractivity contribution in [2.75, 3.05) is 6.54 Å². The molecule has 0 fully saturated rings. The molecule has 1 amide bonds. The van der Waals surface area contributed by atoms with E-state index in [2.05, 4.69) is 15.9 Å². The van der Waals surface area contributed by atoms with Crippen LogP contribution in [0.15, 0.2) is 22.7 Å². The highest BCUT2D eigenvalue weighted by atomic mass is 79.9. The Bertz CT molecular complexity index is 409. The average molecular weight is 292 g/mol. The van der Waals surface area contributed by atoms with E-state index in [1.54, 1.807) is 0 Å². The molecule has 4 nitrogen and oxygen atoms in total. The first-order valence-corrected chi connectivity index (χ1v) is 5.27. The molecule has 1 rings (SSSR count). The van der Waals surface area contributed by atoms with Crippen LogP contribution in [0, 0.1) is 5.82 Å². The number of hydrogen-bond donors (Lipinski definition) is 3. The van der Waals surface area contributed by atoms with E-state index in [1.165, 1.54) is 25.1 Å². The Morgan fingerprint density at radius 3 is 2.81 bits per heavy atom. The summed E-state index contributed by atoms with van der Waals surface area (Å²) in [6.45, 7) is 1.06. The molecule has 0 aliphatic carbocycles. The zero-order valence-corrected chi connectivity index (χ0v) is 10.1. The quantitative estimate of drug-likeness (QED) is 0.798. The van der Waals surface area contributed by atoms with Gasteiger partial charge in [-0.1, -0.05) is 15.9 Å². The van der Waals surface area contributed by atoms with Gasteiger partial charge < -0.3 is 15.5 Å². The minimum absolute atomic E-state index is 0.0376. The number of aliphatic hydroxyl groups is 1. The number of carboxylic acid groups (broad SMARTS) is 1. The summed E-state index contributed by atoms with van der Waals surface area (Å²) in [7, 11) is 0. The number of amides is 1. The van der Waals surface area contributed by atoms with Crippen molar-refractivity contribution in [1.82, 2.24) is 5.32 Å². The molecule has 88 valence electrons. The molecule has 1 aromatic rings. The first-order chi connectivity index (χ1) is 7.33. The van der Waals surface area contributed by atoms with Crippen molar-refractivity contribution in [3.8, 4) is 0 Å². The van der Waals surface area contributed by atoms with E-state index in [0.29, 0.717) is 4.47 Å². The number of nitrogens with one attached hydrogen (secondary N) is 1. The predicted octanol–water partition coefficient (Wildman–Crippen LogP) is 2.06. The second-order valence-corrected chi connectivity index (χ2v) is 4.47. The maximum absolute atomic E-state index is 13.4. The number of halogens is 2. The lowest BCUT2D eigenvalue weighted by Crippen LogP contribution is -2.38. The lowest BCUT2D eigenvalue weighted by atomic mass is 9.95. The van der Waals surface area contributed by atoms with Crippen LogP contribution in [0.25, 0.3) is 0 Å². The molecular weight excluding hydrogens is 281 g/mol. The summed E-state index contributed by atoms with van der Waals surface area (Å²) in [4.78, 5) is 10.3. The van der Waals surface area contributed by atoms with Crippen molar-refractivity contribution < 1.29 is 19.4 Å². The number of carbonyl (C=O) groups is 1. The van der Waals surface area contributed by atoms with Crippen LogP contribution in [0.2, 0.25) is 0 Å². The van der Waals surface area contributed by atoms with E-state index < -0.39 is 17.5 Å². The summed E-state index contributed by atoms with van der Waals surface area (Å²) in [6, 6.07) is 4.12. The summed E-state index contributed by atoms with van der Waals surface area (Å²) in [5.74, 6) is -0.583. The molecule has 6 heteroatoms. The van der Waals surface area contributed by atoms with Crippen LogP contribution in [0.4, 0.5) is 9.18 Å². The molecule has 0 aliphatic rings. The summed E-state index contributed by atoms with van der Waals surface area (Å²) in [5, 5.41) is 20.4. The maximum atomic E-state index is 13.4. The van der Waals surface area contributed by atoms with Gasteiger partial charge in [0.05, 0.1) is 6.54 Å². The molecular formula is C10H11BrFNO3. The van der Waals surface area contributed by atoms with E-state index >= 15 is 0 Å². The lowest BCUT2D eigenvalue weighted by Gasteiger charge is -2.24. The van der Waals surface area contributed by atoms with Crippen LogP contribution in [-0.4, -0.2) is 22.9 Å². The topological polar surface area (TPSA) is 69.6 Å². The van der Waals surface area contributed by atoms with Gasteiger partial charge in [-0.05, 0) is 25.1 Å². The molecule has 0 aromatic heterocycles. The van der Waals surface area contributed by atoms with Gasteiger partial charge in [0.2, 0.25) is 0 Å². The summed E-state index contributed by atoms with van der Waals surface area (Å²) in [6.07, 6.45) is -1.27. The van der Waals surface area contributed by atoms with Crippen molar-refractivity contribution in [3.05, 3.63) is 34.1 Å². The highest BCUT2D eigenvalue weighted by Gasteiger charge is 2.27. The molecule has 0 saturated carbocycles. The zero-order valence-electron chi connectivity index (χ0n) is 8.50. The van der Waals surface area contributed by atoms with Gasteiger partial charge in [0.25, 0.3) is 0 Å². The van der Waals surface area contributed by atoms with Crippen LogP contribution < -0.4 is 5.32 Å². The fourth-order valence-electron chi connectivity index (χ4n) is 1.25. The third-order valence-corrected chi connectivity index (χ3v) is 2.59. The fourth-order valence-corrected chi connectivity index (χ4v) is 1.61. The molecule has 1 aromatic carbocycles. The van der Waals surface area contributed by atoms with Gasteiger partial charge in [-0.25, -0.2) is 9.18 Å². The lowest BCUT2D eigenvalue weighted by molar-refractivity contribution is 0.0529. The SMILES string of the molecule is CC(O)(CNC(=O)O)c1cc(Br)ccc1F. The van der Waals surface area contributed by atoms with Crippen LogP contribution >= 0.6 is 15.9 Å². The van der Waals surface area contributed by atoms with Gasteiger partial charge >= 0.3 is 6.09 Å². The Hall–Kier alpha value is -1.14. The van der Waals surface area contributed by atoms with E-state index in [1.807, 2.05) is 5.32 Å². The second kappa shape index (κ2) is 4.80. The van der Waals surface area contributed by atoms with Crippen molar-refractivity contribution in [2.24, 2.45) is 0 Å². The first kappa shape index (κ1) is 12.9. The van der Waals surface area contributed by atoms with Gasteiger partial charge in [0.1, 0.15) is 11.4 Å². The van der Waals surface area contributed by atoms with Crippen LogP contribution in [0.3, 0.4) is 0 Å². The molecule has 3 N–H and O–H groups in total. The number of rotatable bonds is 3. The zero-order chi connectivity index (χ0) is 12.3. The van der Waals surface area contributed by atoms with Gasteiger partial charge in [-0.15, -0.1) is 0 Å². The van der Waals surface area contributed by atoms with Gasteiger partial charge in [-0.2, -0.15) is 0 Å². The van der Waals surface area contributed by atoms with Crippen molar-refractivity contribution in [1.29, 1.82) is 0 Å². The fraction of sp³-hybridized carbons (Fsp3) is 0.300. The first-order valence-electron chi connectivity index (χ1n) is 4.47. The average Bonchev–Trinajstić information content (AvgIpc) is 2.19. The molecule has 0 saturated heterocycles. The smallest absolute Gasteiger partial charge is 0.404 e. The molecule has 0 heterocycles. The predicted molar refractivity (Wildman–Crippen MR) is 59.7 cm³/mol. The minimum atomic E-state index is -1.59. The normalized spacial score (nSPS) is 14.2. The van der Waals surface area contributed by atoms with Gasteiger partial charge in [0.15, 0.2) is 0 Å². The molecule has 1 atom stereocenters. The molecule has 0 radical (unpaired) electrons. The maximum Gasteiger partial charge on any atom is 0.404 e. The third kappa shape index (κ3) is 3.18. The van der Waals surface area contributed by atoms with Crippen molar-refractivity contribution in [3.63, 3.8) is 0 Å². The van der Waals surface area contributed by atoms with Crippen molar-refractivity contribution >= 4 is 22.0 Å². The largest absolute Gasteiger partial charge is 0.465 e. The van der Waals surface area contributed by atoms with Gasteiger partial charge in [-0.3, -0.25) is 0 Å². The Kier molecular flexibility index (Phi) is 3.88. The second-order valence-electron chi connectivity index (χ2n) is 3.56. The van der Waals surface area contributed by atoms with Crippen LogP contribution in [-0.2, 0) is 5.60 Å². The van der Waals surface area contributed by atoms with Crippen LogP contribution in [0.5, 0.6) is 0 Å². The minimum Gasteiger partial charge on any atom is -0.465 e. The van der Waals surface area contributed by atoms with E-state index in [-0.39, 0.29) is 12.1 Å². The molecule has 16 heavy (non-hydrogen) atoms. The molecule has 0 aliphatic heterocycles. The van der Waals surface area contributed by atoms with E-state index in [4.69, 9.17) is 5.11 Å². The van der Waals surface area contributed by atoms with Crippen molar-refractivity contribution in [2.45, 2.75) is 12.5 Å². The summed E-state index contributed by atoms with van der Waals surface area (Å²) < 4.78 is 14.0. The Morgan fingerprint density at radius 2 is 2.25 bits per heavy atom. The molecule has 0 bridgehead atoms. The van der Waals surface area contributed by atoms with Gasteiger partial charge in [0, 0.05) is 10.0 Å². The monoisotopic (exact) mass is 291 g/mol. The van der Waals surface area contributed by atoms with E-state index in [9.17, 15) is 14.3 Å².